The van der Waals surface area contributed by atoms with Crippen molar-refractivity contribution in [1.82, 2.24) is 10.2 Å². The minimum absolute atomic E-state index is 0.736. The Morgan fingerprint density at radius 2 is 1.95 bits per heavy atom. The molecule has 1 N–H and O–H groups in total. The van der Waals surface area contributed by atoms with Crippen molar-refractivity contribution in [3.63, 3.8) is 0 Å². The second-order valence-electron chi connectivity index (χ2n) is 6.53. The molecule has 1 aromatic heterocycles. The second kappa shape index (κ2) is 8.60. The van der Waals surface area contributed by atoms with Gasteiger partial charge in [-0.2, -0.15) is 0 Å². The van der Waals surface area contributed by atoms with E-state index in [0.717, 1.165) is 37.2 Å². The predicted molar refractivity (Wildman–Crippen MR) is 88.4 cm³/mol. The van der Waals surface area contributed by atoms with Crippen LogP contribution in [0.25, 0.3) is 0 Å². The molecule has 1 aliphatic rings. The molecular weight excluding hydrogens is 260 g/mol. The molecule has 1 heterocycles. The maximum Gasteiger partial charge on any atom is 0.118 e. The van der Waals surface area contributed by atoms with Crippen LogP contribution in [-0.2, 0) is 13.1 Å². The van der Waals surface area contributed by atoms with Gasteiger partial charge in [-0.15, -0.1) is 0 Å². The standard InChI is InChI=1S/C18H32N2O/c1-4-11-19-13-16-12-18(21-15(16)2)14-20(3)17-9-7-5-6-8-10-17/h12,17,19H,4-11,13-14H2,1-3H3. The monoisotopic (exact) mass is 292 g/mol. The molecule has 1 aromatic rings. The van der Waals surface area contributed by atoms with Crippen LogP contribution in [-0.4, -0.2) is 24.5 Å². The third-order valence-corrected chi connectivity index (χ3v) is 4.67. The maximum absolute atomic E-state index is 5.96. The molecule has 0 amide bonds. The molecule has 0 saturated heterocycles. The molecule has 0 aromatic carbocycles. The van der Waals surface area contributed by atoms with Crippen molar-refractivity contribution >= 4 is 0 Å². The van der Waals surface area contributed by atoms with E-state index in [9.17, 15) is 0 Å². The summed E-state index contributed by atoms with van der Waals surface area (Å²) in [5.41, 5.74) is 1.31. The van der Waals surface area contributed by atoms with Crippen LogP contribution in [0.5, 0.6) is 0 Å². The Morgan fingerprint density at radius 3 is 2.62 bits per heavy atom. The van der Waals surface area contributed by atoms with Crippen molar-refractivity contribution < 1.29 is 4.42 Å². The van der Waals surface area contributed by atoms with E-state index in [1.807, 2.05) is 0 Å². The summed E-state index contributed by atoms with van der Waals surface area (Å²) in [6.45, 7) is 7.22. The highest BCUT2D eigenvalue weighted by Gasteiger charge is 2.18. The summed E-state index contributed by atoms with van der Waals surface area (Å²) >= 11 is 0. The molecule has 0 spiro atoms. The first-order chi connectivity index (χ1) is 10.2. The first-order valence-corrected chi connectivity index (χ1v) is 8.70. The van der Waals surface area contributed by atoms with Crippen molar-refractivity contribution in [3.8, 4) is 0 Å². The molecule has 0 radical (unpaired) electrons. The number of hydrogen-bond donors (Lipinski definition) is 1. The summed E-state index contributed by atoms with van der Waals surface area (Å²) in [5, 5.41) is 3.46. The quantitative estimate of drug-likeness (QED) is 0.602. The molecule has 3 heteroatoms. The smallest absolute Gasteiger partial charge is 0.118 e. The molecule has 3 nitrogen and oxygen atoms in total. The largest absolute Gasteiger partial charge is 0.465 e. The van der Waals surface area contributed by atoms with Crippen molar-refractivity contribution in [3.05, 3.63) is 23.2 Å². The molecule has 120 valence electrons. The van der Waals surface area contributed by atoms with Crippen LogP contribution in [0.15, 0.2) is 10.5 Å². The molecule has 0 aliphatic heterocycles. The zero-order valence-electron chi connectivity index (χ0n) is 14.1. The van der Waals surface area contributed by atoms with Gasteiger partial charge in [0.05, 0.1) is 6.54 Å². The molecule has 0 bridgehead atoms. The second-order valence-corrected chi connectivity index (χ2v) is 6.53. The summed E-state index contributed by atoms with van der Waals surface area (Å²) in [4.78, 5) is 2.49. The van der Waals surface area contributed by atoms with Gasteiger partial charge in [-0.05, 0) is 45.8 Å². The SMILES string of the molecule is CCCNCc1cc(CN(C)C2CCCCCC2)oc1C. The number of nitrogens with zero attached hydrogens (tertiary/aromatic N) is 1. The summed E-state index contributed by atoms with van der Waals surface area (Å²) < 4.78 is 5.96. The van der Waals surface area contributed by atoms with Crippen LogP contribution in [0, 0.1) is 6.92 Å². The van der Waals surface area contributed by atoms with E-state index >= 15 is 0 Å². The summed E-state index contributed by atoms with van der Waals surface area (Å²) in [6.07, 6.45) is 9.47. The van der Waals surface area contributed by atoms with Gasteiger partial charge >= 0.3 is 0 Å². The summed E-state index contributed by atoms with van der Waals surface area (Å²) in [7, 11) is 2.25. The molecule has 0 atom stereocenters. The van der Waals surface area contributed by atoms with Gasteiger partial charge in [0.15, 0.2) is 0 Å². The highest BCUT2D eigenvalue weighted by molar-refractivity contribution is 5.20. The number of furan rings is 1. The lowest BCUT2D eigenvalue weighted by Gasteiger charge is -2.26. The van der Waals surface area contributed by atoms with E-state index in [2.05, 4.69) is 37.2 Å². The molecule has 1 fully saturated rings. The Morgan fingerprint density at radius 1 is 1.24 bits per heavy atom. The van der Waals surface area contributed by atoms with Crippen molar-refractivity contribution in [1.29, 1.82) is 0 Å². The van der Waals surface area contributed by atoms with Crippen molar-refractivity contribution in [2.24, 2.45) is 0 Å². The van der Waals surface area contributed by atoms with Gasteiger partial charge in [-0.25, -0.2) is 0 Å². The molecule has 21 heavy (non-hydrogen) atoms. The van der Waals surface area contributed by atoms with E-state index in [0.29, 0.717) is 0 Å². The van der Waals surface area contributed by atoms with Gasteiger partial charge in [-0.1, -0.05) is 32.6 Å². The van der Waals surface area contributed by atoms with Crippen LogP contribution < -0.4 is 5.32 Å². The lowest BCUT2D eigenvalue weighted by atomic mass is 10.1. The van der Waals surface area contributed by atoms with Crippen LogP contribution >= 0.6 is 0 Å². The van der Waals surface area contributed by atoms with E-state index in [1.165, 1.54) is 50.5 Å². The average molecular weight is 292 g/mol. The fraction of sp³-hybridized carbons (Fsp3) is 0.778. The van der Waals surface area contributed by atoms with Gasteiger partial charge in [0.25, 0.3) is 0 Å². The van der Waals surface area contributed by atoms with E-state index in [-0.39, 0.29) is 0 Å². The zero-order chi connectivity index (χ0) is 15.1. The fourth-order valence-electron chi connectivity index (χ4n) is 3.31. The molecule has 1 saturated carbocycles. The average Bonchev–Trinajstić information content (AvgIpc) is 2.69. The molecule has 0 unspecified atom stereocenters. The van der Waals surface area contributed by atoms with E-state index in [1.54, 1.807) is 0 Å². The first-order valence-electron chi connectivity index (χ1n) is 8.70. The normalized spacial score (nSPS) is 17.3. The minimum Gasteiger partial charge on any atom is -0.465 e. The Bertz CT molecular complexity index is 405. The molecule has 2 rings (SSSR count). The highest BCUT2D eigenvalue weighted by atomic mass is 16.3. The van der Waals surface area contributed by atoms with Crippen molar-refractivity contribution in [2.75, 3.05) is 13.6 Å². The summed E-state index contributed by atoms with van der Waals surface area (Å²) in [5.74, 6) is 2.19. The highest BCUT2D eigenvalue weighted by Crippen LogP contribution is 2.23. The topological polar surface area (TPSA) is 28.4 Å². The van der Waals surface area contributed by atoms with Gasteiger partial charge in [0, 0.05) is 18.2 Å². The van der Waals surface area contributed by atoms with E-state index in [4.69, 9.17) is 4.42 Å². The zero-order valence-corrected chi connectivity index (χ0v) is 14.1. The number of hydrogen-bond acceptors (Lipinski definition) is 3. The van der Waals surface area contributed by atoms with Gasteiger partial charge < -0.3 is 9.73 Å². The summed E-state index contributed by atoms with van der Waals surface area (Å²) in [6, 6.07) is 2.98. The fourth-order valence-corrected chi connectivity index (χ4v) is 3.31. The van der Waals surface area contributed by atoms with Gasteiger partial charge in [0.1, 0.15) is 11.5 Å². The van der Waals surface area contributed by atoms with Crippen LogP contribution in [0.2, 0.25) is 0 Å². The number of aryl methyl sites for hydroxylation is 1. The van der Waals surface area contributed by atoms with Crippen LogP contribution in [0.3, 0.4) is 0 Å². The lowest BCUT2D eigenvalue weighted by Crippen LogP contribution is -2.30. The van der Waals surface area contributed by atoms with Crippen LogP contribution in [0.4, 0.5) is 0 Å². The molecular formula is C18H32N2O. The van der Waals surface area contributed by atoms with Gasteiger partial charge in [-0.3, -0.25) is 4.90 Å². The Hall–Kier alpha value is -0.800. The number of rotatable bonds is 7. The van der Waals surface area contributed by atoms with Gasteiger partial charge in [0.2, 0.25) is 0 Å². The van der Waals surface area contributed by atoms with E-state index < -0.39 is 0 Å². The predicted octanol–water partition coefficient (Wildman–Crippen LogP) is 4.24. The third kappa shape index (κ3) is 5.15. The third-order valence-electron chi connectivity index (χ3n) is 4.67. The molecule has 1 aliphatic carbocycles. The van der Waals surface area contributed by atoms with Crippen LogP contribution in [0.1, 0.15) is 69.0 Å². The maximum atomic E-state index is 5.96. The van der Waals surface area contributed by atoms with Crippen molar-refractivity contribution in [2.45, 2.75) is 77.9 Å². The first kappa shape index (κ1) is 16.6. The Labute approximate surface area is 130 Å². The number of nitrogens with one attached hydrogen (secondary N) is 1. The lowest BCUT2D eigenvalue weighted by molar-refractivity contribution is 0.197. The Kier molecular flexibility index (Phi) is 6.78. The Balaban J connectivity index is 1.87. The minimum atomic E-state index is 0.736.